The number of sulfonamides is 1. The van der Waals surface area contributed by atoms with Crippen LogP contribution in [-0.4, -0.2) is 39.5 Å². The van der Waals surface area contributed by atoms with E-state index in [4.69, 9.17) is 4.42 Å². The van der Waals surface area contributed by atoms with Crippen LogP contribution in [0, 0.1) is 6.92 Å². The number of aliphatic imine (C=N–C) groups is 1. The Morgan fingerprint density at radius 2 is 1.82 bits per heavy atom. The molecule has 2 aromatic rings. The van der Waals surface area contributed by atoms with E-state index in [1.165, 1.54) is 0 Å². The molecule has 9 heteroatoms. The lowest BCUT2D eigenvalue weighted by Crippen LogP contribution is -2.41. The highest BCUT2D eigenvalue weighted by Crippen LogP contribution is 2.22. The number of nitrogens with one attached hydrogen (secondary N) is 3. The number of nitrogens with zero attached hydrogens (tertiary/aromatic N) is 2. The van der Waals surface area contributed by atoms with Crippen LogP contribution >= 0.6 is 0 Å². The zero-order valence-electron chi connectivity index (χ0n) is 17.0. The molecule has 0 aliphatic rings. The molecule has 1 aromatic heterocycles. The Morgan fingerprint density at radius 3 is 2.39 bits per heavy atom. The van der Waals surface area contributed by atoms with Crippen molar-refractivity contribution >= 4 is 16.0 Å². The highest BCUT2D eigenvalue weighted by atomic mass is 32.2. The summed E-state index contributed by atoms with van der Waals surface area (Å²) in [4.78, 5) is 8.61. The van der Waals surface area contributed by atoms with Crippen molar-refractivity contribution in [3.05, 3.63) is 47.7 Å². The first-order valence-corrected chi connectivity index (χ1v) is 10.6. The van der Waals surface area contributed by atoms with Gasteiger partial charge in [-0.1, -0.05) is 38.5 Å². The van der Waals surface area contributed by atoms with Gasteiger partial charge in [-0.2, -0.15) is 0 Å². The lowest BCUT2D eigenvalue weighted by molar-refractivity contribution is 0.379. The molecular weight excluding hydrogens is 378 g/mol. The Labute approximate surface area is 166 Å². The summed E-state index contributed by atoms with van der Waals surface area (Å²) in [5.41, 5.74) is 0.913. The van der Waals surface area contributed by atoms with Gasteiger partial charge < -0.3 is 15.1 Å². The summed E-state index contributed by atoms with van der Waals surface area (Å²) in [5, 5.41) is 6.14. The second kappa shape index (κ2) is 9.20. The van der Waals surface area contributed by atoms with Crippen LogP contribution < -0.4 is 15.4 Å². The second-order valence-electron chi connectivity index (χ2n) is 7.43. The number of hydrogen-bond donors (Lipinski definition) is 3. The summed E-state index contributed by atoms with van der Waals surface area (Å²) in [7, 11) is -1.88. The standard InChI is InChI=1S/C19H29N5O3S/c1-14-6-8-15(9-7-14)28(25,26)24-11-10-21-18(20-5)23-13-17-22-12-16(27-17)19(2,3)4/h6-9,12,24H,10-11,13H2,1-5H3,(H2,20,21,23). The van der Waals surface area contributed by atoms with Gasteiger partial charge in [0.15, 0.2) is 5.96 Å². The van der Waals surface area contributed by atoms with E-state index < -0.39 is 10.0 Å². The third-order valence-corrected chi connectivity index (χ3v) is 5.44. The van der Waals surface area contributed by atoms with Crippen molar-refractivity contribution in [1.29, 1.82) is 0 Å². The lowest BCUT2D eigenvalue weighted by atomic mass is 9.94. The van der Waals surface area contributed by atoms with Gasteiger partial charge in [0.25, 0.3) is 0 Å². The minimum Gasteiger partial charge on any atom is -0.443 e. The maximum atomic E-state index is 12.2. The van der Waals surface area contributed by atoms with Crippen LogP contribution in [0.1, 0.15) is 38.0 Å². The van der Waals surface area contributed by atoms with Crippen LogP contribution in [-0.2, 0) is 22.0 Å². The molecule has 0 aliphatic carbocycles. The molecule has 0 unspecified atom stereocenters. The van der Waals surface area contributed by atoms with Crippen molar-refractivity contribution in [2.75, 3.05) is 20.1 Å². The van der Waals surface area contributed by atoms with Gasteiger partial charge in [-0.15, -0.1) is 0 Å². The molecule has 0 atom stereocenters. The maximum Gasteiger partial charge on any atom is 0.240 e. The summed E-state index contributed by atoms with van der Waals surface area (Å²) in [6, 6.07) is 6.72. The quantitative estimate of drug-likeness (QED) is 0.368. The van der Waals surface area contributed by atoms with Gasteiger partial charge in [0.2, 0.25) is 15.9 Å². The van der Waals surface area contributed by atoms with Crippen LogP contribution in [0.5, 0.6) is 0 Å². The molecule has 2 rings (SSSR count). The summed E-state index contributed by atoms with van der Waals surface area (Å²) in [5.74, 6) is 1.91. The topological polar surface area (TPSA) is 109 Å². The van der Waals surface area contributed by atoms with Gasteiger partial charge in [0.05, 0.1) is 17.6 Å². The van der Waals surface area contributed by atoms with Gasteiger partial charge in [0, 0.05) is 25.6 Å². The second-order valence-corrected chi connectivity index (χ2v) is 9.20. The number of hydrogen-bond acceptors (Lipinski definition) is 5. The molecule has 8 nitrogen and oxygen atoms in total. The minimum absolute atomic E-state index is 0.0974. The molecule has 0 aliphatic heterocycles. The van der Waals surface area contributed by atoms with Gasteiger partial charge in [0.1, 0.15) is 5.76 Å². The molecule has 0 saturated heterocycles. The summed E-state index contributed by atoms with van der Waals surface area (Å²) in [6.07, 6.45) is 1.73. The molecule has 0 spiro atoms. The molecule has 0 bridgehead atoms. The molecule has 28 heavy (non-hydrogen) atoms. The summed E-state index contributed by atoms with van der Waals surface area (Å²) in [6.45, 7) is 9.07. The predicted octanol–water partition coefficient (Wildman–Crippen LogP) is 1.92. The van der Waals surface area contributed by atoms with Crippen LogP contribution in [0.25, 0.3) is 0 Å². The van der Waals surface area contributed by atoms with Gasteiger partial charge in [-0.3, -0.25) is 4.99 Å². The van der Waals surface area contributed by atoms with E-state index in [0.717, 1.165) is 11.3 Å². The highest BCUT2D eigenvalue weighted by molar-refractivity contribution is 7.89. The maximum absolute atomic E-state index is 12.2. The Balaban J connectivity index is 1.78. The minimum atomic E-state index is -3.52. The van der Waals surface area contributed by atoms with E-state index in [-0.39, 0.29) is 16.9 Å². The molecule has 1 aromatic carbocycles. The van der Waals surface area contributed by atoms with Crippen LogP contribution in [0.3, 0.4) is 0 Å². The van der Waals surface area contributed by atoms with Crippen molar-refractivity contribution in [3.8, 4) is 0 Å². The number of benzene rings is 1. The average Bonchev–Trinajstić information content (AvgIpc) is 3.11. The third-order valence-electron chi connectivity index (χ3n) is 3.96. The van der Waals surface area contributed by atoms with E-state index in [1.807, 2.05) is 6.92 Å². The number of guanidine groups is 1. The van der Waals surface area contributed by atoms with Crippen molar-refractivity contribution in [2.45, 2.75) is 44.6 Å². The van der Waals surface area contributed by atoms with Gasteiger partial charge >= 0.3 is 0 Å². The zero-order valence-corrected chi connectivity index (χ0v) is 17.9. The SMILES string of the molecule is CN=C(NCCNS(=O)(=O)c1ccc(C)cc1)NCc1ncc(C(C)(C)C)o1. The Hall–Kier alpha value is -2.39. The fraction of sp³-hybridized carbons (Fsp3) is 0.474. The molecule has 0 fully saturated rings. The third kappa shape index (κ3) is 6.35. The number of aromatic nitrogens is 1. The van der Waals surface area contributed by atoms with E-state index in [0.29, 0.717) is 24.9 Å². The van der Waals surface area contributed by atoms with E-state index in [9.17, 15) is 8.42 Å². The number of oxazole rings is 1. The zero-order chi connectivity index (χ0) is 20.8. The lowest BCUT2D eigenvalue weighted by Gasteiger charge is -2.13. The van der Waals surface area contributed by atoms with E-state index in [2.05, 4.69) is 46.1 Å². The van der Waals surface area contributed by atoms with Crippen molar-refractivity contribution in [1.82, 2.24) is 20.3 Å². The number of rotatable bonds is 7. The van der Waals surface area contributed by atoms with Gasteiger partial charge in [-0.05, 0) is 19.1 Å². The highest BCUT2D eigenvalue weighted by Gasteiger charge is 2.19. The van der Waals surface area contributed by atoms with Crippen molar-refractivity contribution in [2.24, 2.45) is 4.99 Å². The fourth-order valence-corrected chi connectivity index (χ4v) is 3.32. The van der Waals surface area contributed by atoms with Gasteiger partial charge in [-0.25, -0.2) is 18.1 Å². The summed E-state index contributed by atoms with van der Waals surface area (Å²) < 4.78 is 32.8. The first-order chi connectivity index (χ1) is 13.1. The van der Waals surface area contributed by atoms with Crippen LogP contribution in [0.4, 0.5) is 0 Å². The molecule has 154 valence electrons. The normalized spacial score (nSPS) is 12.8. The summed E-state index contributed by atoms with van der Waals surface area (Å²) >= 11 is 0. The van der Waals surface area contributed by atoms with Crippen molar-refractivity contribution in [3.63, 3.8) is 0 Å². The first kappa shape index (κ1) is 21.9. The Kier molecular flexibility index (Phi) is 7.20. The first-order valence-electron chi connectivity index (χ1n) is 9.08. The smallest absolute Gasteiger partial charge is 0.240 e. The Morgan fingerprint density at radius 1 is 1.14 bits per heavy atom. The molecule has 0 amide bonds. The average molecular weight is 408 g/mol. The molecular formula is C19H29N5O3S. The van der Waals surface area contributed by atoms with E-state index in [1.54, 1.807) is 37.5 Å². The van der Waals surface area contributed by atoms with E-state index >= 15 is 0 Å². The molecule has 0 saturated carbocycles. The number of aryl methyl sites for hydroxylation is 1. The predicted molar refractivity (Wildman–Crippen MR) is 110 cm³/mol. The van der Waals surface area contributed by atoms with Crippen LogP contribution in [0.15, 0.2) is 44.8 Å². The molecule has 0 radical (unpaired) electrons. The largest absolute Gasteiger partial charge is 0.443 e. The fourth-order valence-electron chi connectivity index (χ4n) is 2.29. The van der Waals surface area contributed by atoms with Crippen molar-refractivity contribution < 1.29 is 12.8 Å². The monoisotopic (exact) mass is 407 g/mol. The molecule has 1 heterocycles. The van der Waals surface area contributed by atoms with Crippen LogP contribution in [0.2, 0.25) is 0 Å². The molecule has 3 N–H and O–H groups in total. The Bertz CT molecular complexity index is 896.